The molecular weight excluding hydrogens is 456 g/mol. The summed E-state index contributed by atoms with van der Waals surface area (Å²) in [7, 11) is 0. The van der Waals surface area contributed by atoms with Crippen molar-refractivity contribution < 1.29 is 14.3 Å². The molecule has 0 bridgehead atoms. The molecule has 1 atom stereocenters. The molecule has 2 aromatic carbocycles. The number of nitrogens with one attached hydrogen (secondary N) is 1. The zero-order chi connectivity index (χ0) is 24.6. The number of nitrogens with two attached hydrogens (primary N) is 1. The third kappa shape index (κ3) is 4.32. The summed E-state index contributed by atoms with van der Waals surface area (Å²) in [6.07, 6.45) is 7.97. The number of nitrogens with zero attached hydrogens (tertiary/aromatic N) is 4. The number of hydrogen-bond acceptors (Lipinski definition) is 7. The van der Waals surface area contributed by atoms with E-state index in [1.807, 2.05) is 49.4 Å². The molecule has 9 nitrogen and oxygen atoms in total. The summed E-state index contributed by atoms with van der Waals surface area (Å²) in [6.45, 7) is 1.95. The van der Waals surface area contributed by atoms with Crippen molar-refractivity contribution in [2.45, 2.75) is 51.2 Å². The summed E-state index contributed by atoms with van der Waals surface area (Å²) < 4.78 is 13.7. The molecule has 2 aliphatic rings. The van der Waals surface area contributed by atoms with Crippen molar-refractivity contribution in [1.82, 2.24) is 19.5 Å². The molecule has 184 valence electrons. The number of benzene rings is 2. The van der Waals surface area contributed by atoms with Gasteiger partial charge in [0.1, 0.15) is 24.5 Å². The van der Waals surface area contributed by atoms with E-state index in [1.54, 1.807) is 0 Å². The van der Waals surface area contributed by atoms with Gasteiger partial charge < -0.3 is 19.8 Å². The highest BCUT2D eigenvalue weighted by Gasteiger charge is 2.31. The van der Waals surface area contributed by atoms with Crippen molar-refractivity contribution in [3.8, 4) is 23.0 Å². The Morgan fingerprint density at radius 2 is 1.83 bits per heavy atom. The largest absolute Gasteiger partial charge is 0.446 e. The summed E-state index contributed by atoms with van der Waals surface area (Å²) in [5.74, 6) is 1.13. The van der Waals surface area contributed by atoms with Crippen LogP contribution in [0.2, 0.25) is 0 Å². The first kappa shape index (κ1) is 22.3. The molecule has 3 N–H and O–H groups in total. The van der Waals surface area contributed by atoms with E-state index in [2.05, 4.69) is 24.8 Å². The maximum atomic E-state index is 12.3. The molecule has 0 radical (unpaired) electrons. The number of rotatable bonds is 7. The third-order valence-electron chi connectivity index (χ3n) is 7.12. The van der Waals surface area contributed by atoms with Crippen LogP contribution in [0.4, 0.5) is 16.2 Å². The molecule has 2 heterocycles. The van der Waals surface area contributed by atoms with E-state index in [-0.39, 0.29) is 12.1 Å². The fourth-order valence-corrected chi connectivity index (χ4v) is 4.77. The van der Waals surface area contributed by atoms with Crippen molar-refractivity contribution in [3.05, 3.63) is 55.1 Å². The van der Waals surface area contributed by atoms with Crippen LogP contribution in [0.15, 0.2) is 55.1 Å². The lowest BCUT2D eigenvalue weighted by molar-refractivity contribution is 0.108. The van der Waals surface area contributed by atoms with Gasteiger partial charge in [0, 0.05) is 28.7 Å². The quantitative estimate of drug-likeness (QED) is 0.333. The second-order valence-electron chi connectivity index (χ2n) is 9.57. The van der Waals surface area contributed by atoms with Gasteiger partial charge in [0.25, 0.3) is 0 Å². The van der Waals surface area contributed by atoms with Crippen LogP contribution in [0.1, 0.15) is 45.1 Å². The molecule has 1 unspecified atom stereocenters. The predicted molar refractivity (Wildman–Crippen MR) is 137 cm³/mol. The van der Waals surface area contributed by atoms with Gasteiger partial charge in [0.2, 0.25) is 0 Å². The number of amides is 1. The number of fused-ring (bicyclic) bond motifs is 1. The molecule has 9 heteroatoms. The maximum absolute atomic E-state index is 12.3. The highest BCUT2D eigenvalue weighted by Crippen LogP contribution is 2.45. The highest BCUT2D eigenvalue weighted by molar-refractivity contribution is 6.01. The molecule has 0 aliphatic heterocycles. The lowest BCUT2D eigenvalue weighted by Crippen LogP contribution is -2.21. The van der Waals surface area contributed by atoms with E-state index >= 15 is 0 Å². The summed E-state index contributed by atoms with van der Waals surface area (Å²) in [5, 5.41) is 3.81. The SMILES string of the molecule is CC(OC(=O)Nc1ccc(-c2c(N)c3ccc(Oc4ncncn4)cc3n2C2CCC2)cc1)C1CC1. The van der Waals surface area contributed by atoms with Crippen molar-refractivity contribution in [1.29, 1.82) is 0 Å². The Morgan fingerprint density at radius 3 is 2.50 bits per heavy atom. The number of hydrogen-bond donors (Lipinski definition) is 2. The van der Waals surface area contributed by atoms with Crippen molar-refractivity contribution in [2.24, 2.45) is 5.92 Å². The number of ether oxygens (including phenoxy) is 2. The Bertz CT molecular complexity index is 1390. The number of carbonyl (C=O) groups is 1. The Hall–Kier alpha value is -4.14. The van der Waals surface area contributed by atoms with Crippen LogP contribution in [0.3, 0.4) is 0 Å². The Balaban J connectivity index is 1.30. The average molecular weight is 485 g/mol. The summed E-state index contributed by atoms with van der Waals surface area (Å²) in [6, 6.07) is 14.2. The van der Waals surface area contributed by atoms with Gasteiger partial charge in [-0.1, -0.05) is 12.1 Å². The summed E-state index contributed by atoms with van der Waals surface area (Å²) in [5.41, 5.74) is 11.1. The van der Waals surface area contributed by atoms with Gasteiger partial charge >= 0.3 is 12.1 Å². The fourth-order valence-electron chi connectivity index (χ4n) is 4.77. The standard InChI is InChI=1S/C27H28N6O3/c1-16(17-5-6-17)35-27(34)32-19-9-7-18(8-10-19)25-24(28)22-12-11-21(36-26-30-14-29-15-31-26)13-23(22)33(25)20-3-2-4-20/h7-17,20H,2-6,28H2,1H3,(H,32,34). The average Bonchev–Trinajstić information content (AvgIpc) is 3.66. The Morgan fingerprint density at radius 1 is 1.08 bits per heavy atom. The van der Waals surface area contributed by atoms with E-state index in [4.69, 9.17) is 15.2 Å². The van der Waals surface area contributed by atoms with Crippen molar-refractivity contribution in [2.75, 3.05) is 11.1 Å². The first-order valence-electron chi connectivity index (χ1n) is 12.4. The monoisotopic (exact) mass is 484 g/mol. The number of carbonyl (C=O) groups excluding carboxylic acids is 1. The van der Waals surface area contributed by atoms with Crippen LogP contribution < -0.4 is 15.8 Å². The normalized spacial score (nSPS) is 16.4. The van der Waals surface area contributed by atoms with Gasteiger partial charge in [-0.15, -0.1) is 0 Å². The molecule has 0 saturated heterocycles. The van der Waals surface area contributed by atoms with E-state index in [1.165, 1.54) is 19.1 Å². The van der Waals surface area contributed by atoms with Crippen LogP contribution in [0.5, 0.6) is 11.8 Å². The first-order valence-corrected chi connectivity index (χ1v) is 12.4. The minimum atomic E-state index is -0.420. The van der Waals surface area contributed by atoms with Crippen LogP contribution in [-0.2, 0) is 4.74 Å². The lowest BCUT2D eigenvalue weighted by Gasteiger charge is -2.30. The molecule has 2 aromatic heterocycles. The molecule has 2 saturated carbocycles. The molecule has 2 aliphatic carbocycles. The fraction of sp³-hybridized carbons (Fsp3) is 0.333. The lowest BCUT2D eigenvalue weighted by atomic mass is 9.92. The minimum absolute atomic E-state index is 0.0544. The molecular formula is C27H28N6O3. The predicted octanol–water partition coefficient (Wildman–Crippen LogP) is 5.94. The number of nitrogen functional groups attached to an aromatic ring is 1. The van der Waals surface area contributed by atoms with Gasteiger partial charge in [0.15, 0.2) is 0 Å². The summed E-state index contributed by atoms with van der Waals surface area (Å²) >= 11 is 0. The first-order chi connectivity index (χ1) is 17.6. The number of aromatic nitrogens is 4. The zero-order valence-corrected chi connectivity index (χ0v) is 20.1. The third-order valence-corrected chi connectivity index (χ3v) is 7.12. The Kier molecular flexibility index (Phi) is 5.67. The summed E-state index contributed by atoms with van der Waals surface area (Å²) in [4.78, 5) is 24.2. The second kappa shape index (κ2) is 9.14. The van der Waals surface area contributed by atoms with Crippen LogP contribution in [0, 0.1) is 5.92 Å². The topological polar surface area (TPSA) is 117 Å². The van der Waals surface area contributed by atoms with E-state index in [9.17, 15) is 4.79 Å². The van der Waals surface area contributed by atoms with Crippen LogP contribution in [-0.4, -0.2) is 31.7 Å². The molecule has 0 spiro atoms. The van der Waals surface area contributed by atoms with Gasteiger partial charge in [-0.05, 0) is 69.2 Å². The van der Waals surface area contributed by atoms with E-state index in [0.717, 1.165) is 53.5 Å². The minimum Gasteiger partial charge on any atom is -0.446 e. The highest BCUT2D eigenvalue weighted by atomic mass is 16.6. The van der Waals surface area contributed by atoms with Crippen LogP contribution in [0.25, 0.3) is 22.2 Å². The van der Waals surface area contributed by atoms with Gasteiger partial charge in [-0.3, -0.25) is 5.32 Å². The Labute approximate surface area is 208 Å². The molecule has 6 rings (SSSR count). The zero-order valence-electron chi connectivity index (χ0n) is 20.1. The van der Waals surface area contributed by atoms with Gasteiger partial charge in [0.05, 0.1) is 16.9 Å². The van der Waals surface area contributed by atoms with Crippen molar-refractivity contribution in [3.63, 3.8) is 0 Å². The van der Waals surface area contributed by atoms with Crippen LogP contribution >= 0.6 is 0 Å². The second-order valence-corrected chi connectivity index (χ2v) is 9.57. The van der Waals surface area contributed by atoms with Gasteiger partial charge in [-0.25, -0.2) is 9.78 Å². The van der Waals surface area contributed by atoms with E-state index in [0.29, 0.717) is 23.4 Å². The van der Waals surface area contributed by atoms with E-state index < -0.39 is 6.09 Å². The number of anilines is 2. The van der Waals surface area contributed by atoms with Crippen molar-refractivity contribution >= 4 is 28.4 Å². The molecule has 36 heavy (non-hydrogen) atoms. The molecule has 4 aromatic rings. The maximum Gasteiger partial charge on any atom is 0.411 e. The smallest absolute Gasteiger partial charge is 0.411 e. The van der Waals surface area contributed by atoms with Gasteiger partial charge in [-0.2, -0.15) is 9.97 Å². The molecule has 2 fully saturated rings. The molecule has 1 amide bonds.